The summed E-state index contributed by atoms with van der Waals surface area (Å²) >= 11 is 0. The van der Waals surface area contributed by atoms with Crippen molar-refractivity contribution < 1.29 is 9.13 Å². The first-order valence-electron chi connectivity index (χ1n) is 8.67. The van der Waals surface area contributed by atoms with Crippen LogP contribution in [0.5, 0.6) is 5.75 Å². The number of aliphatic imine (C=N–C) groups is 1. The molecule has 1 unspecified atom stereocenters. The summed E-state index contributed by atoms with van der Waals surface area (Å²) in [6.07, 6.45) is 1.60. The van der Waals surface area contributed by atoms with E-state index in [9.17, 15) is 4.39 Å². The van der Waals surface area contributed by atoms with E-state index in [4.69, 9.17) is 4.74 Å². The number of ether oxygens (including phenoxy) is 1. The van der Waals surface area contributed by atoms with E-state index in [1.54, 1.807) is 13.1 Å². The first-order chi connectivity index (χ1) is 12.3. The maximum absolute atomic E-state index is 13.6. The molecule has 0 fully saturated rings. The molecule has 1 aliphatic heterocycles. The minimum atomic E-state index is -0.161. The molecule has 0 spiro atoms. The minimum Gasteiger partial charge on any atom is -0.493 e. The van der Waals surface area contributed by atoms with E-state index < -0.39 is 0 Å². The summed E-state index contributed by atoms with van der Waals surface area (Å²) < 4.78 is 19.3. The van der Waals surface area contributed by atoms with Crippen molar-refractivity contribution in [2.45, 2.75) is 18.8 Å². The average molecular weight is 341 g/mol. The predicted octanol–water partition coefficient (Wildman–Crippen LogP) is 3.10. The second-order valence-corrected chi connectivity index (χ2v) is 6.09. The Labute approximate surface area is 148 Å². The quantitative estimate of drug-likeness (QED) is 0.649. The van der Waals surface area contributed by atoms with Gasteiger partial charge in [-0.3, -0.25) is 4.99 Å². The van der Waals surface area contributed by atoms with Crippen LogP contribution in [0.1, 0.15) is 23.5 Å². The Morgan fingerprint density at radius 1 is 1.16 bits per heavy atom. The number of halogens is 1. The lowest BCUT2D eigenvalue weighted by atomic mass is 9.93. The van der Waals surface area contributed by atoms with Crippen molar-refractivity contribution in [2.75, 3.05) is 26.7 Å². The van der Waals surface area contributed by atoms with Crippen LogP contribution in [-0.2, 0) is 6.42 Å². The van der Waals surface area contributed by atoms with Gasteiger partial charge in [-0.1, -0.05) is 36.4 Å². The van der Waals surface area contributed by atoms with Gasteiger partial charge in [-0.15, -0.1) is 0 Å². The molecule has 2 aromatic carbocycles. The van der Waals surface area contributed by atoms with Crippen molar-refractivity contribution in [3.63, 3.8) is 0 Å². The fourth-order valence-corrected chi connectivity index (χ4v) is 3.09. The number of para-hydroxylation sites is 1. The Morgan fingerprint density at radius 2 is 1.96 bits per heavy atom. The molecule has 2 aromatic rings. The highest BCUT2D eigenvalue weighted by Gasteiger charge is 2.20. The van der Waals surface area contributed by atoms with Crippen molar-refractivity contribution in [3.8, 4) is 5.75 Å². The van der Waals surface area contributed by atoms with Gasteiger partial charge >= 0.3 is 0 Å². The Bertz CT molecular complexity index is 732. The lowest BCUT2D eigenvalue weighted by Crippen LogP contribution is -2.40. The molecule has 5 heteroatoms. The van der Waals surface area contributed by atoms with Crippen LogP contribution in [-0.4, -0.2) is 32.7 Å². The molecule has 0 saturated heterocycles. The number of nitrogens with zero attached hydrogens (tertiary/aromatic N) is 1. The molecule has 132 valence electrons. The van der Waals surface area contributed by atoms with Gasteiger partial charge in [0.1, 0.15) is 11.6 Å². The smallest absolute Gasteiger partial charge is 0.191 e. The first kappa shape index (κ1) is 17.3. The van der Waals surface area contributed by atoms with Crippen LogP contribution >= 0.6 is 0 Å². The predicted molar refractivity (Wildman–Crippen MR) is 98.8 cm³/mol. The average Bonchev–Trinajstić information content (AvgIpc) is 2.66. The van der Waals surface area contributed by atoms with Gasteiger partial charge < -0.3 is 15.4 Å². The van der Waals surface area contributed by atoms with Crippen molar-refractivity contribution in [3.05, 3.63) is 65.5 Å². The van der Waals surface area contributed by atoms with Crippen LogP contribution in [0, 0.1) is 5.82 Å². The number of hydrogen-bond acceptors (Lipinski definition) is 2. The van der Waals surface area contributed by atoms with Gasteiger partial charge in [0, 0.05) is 26.1 Å². The Hall–Kier alpha value is -2.56. The van der Waals surface area contributed by atoms with Gasteiger partial charge in [-0.05, 0) is 36.1 Å². The summed E-state index contributed by atoms with van der Waals surface area (Å²) in [7, 11) is 1.75. The second kappa shape index (κ2) is 8.51. The highest BCUT2D eigenvalue weighted by molar-refractivity contribution is 5.79. The molecule has 0 amide bonds. The summed E-state index contributed by atoms with van der Waals surface area (Å²) in [5.74, 6) is 1.95. The van der Waals surface area contributed by atoms with Gasteiger partial charge in [0.15, 0.2) is 5.96 Å². The molecule has 25 heavy (non-hydrogen) atoms. The minimum absolute atomic E-state index is 0.161. The van der Waals surface area contributed by atoms with E-state index in [0.717, 1.165) is 31.3 Å². The van der Waals surface area contributed by atoms with Crippen LogP contribution in [0.3, 0.4) is 0 Å². The molecule has 1 aliphatic rings. The Morgan fingerprint density at radius 3 is 2.80 bits per heavy atom. The maximum Gasteiger partial charge on any atom is 0.191 e. The molecule has 0 aromatic heterocycles. The third-order valence-corrected chi connectivity index (χ3v) is 4.47. The molecular formula is C20H24FN3O. The zero-order chi connectivity index (χ0) is 17.5. The summed E-state index contributed by atoms with van der Waals surface area (Å²) in [4.78, 5) is 4.25. The van der Waals surface area contributed by atoms with Crippen LogP contribution < -0.4 is 15.4 Å². The number of guanidine groups is 1. The second-order valence-electron chi connectivity index (χ2n) is 6.09. The zero-order valence-corrected chi connectivity index (χ0v) is 14.5. The number of hydrogen-bond donors (Lipinski definition) is 2. The summed E-state index contributed by atoms with van der Waals surface area (Å²) in [5, 5.41) is 6.62. The van der Waals surface area contributed by atoms with Gasteiger partial charge in [0.25, 0.3) is 0 Å². The SMILES string of the molecule is CN=C(NCCc1ccccc1F)NCC1CCOc2ccccc21. The number of fused-ring (bicyclic) bond motifs is 1. The highest BCUT2D eigenvalue weighted by Crippen LogP contribution is 2.32. The zero-order valence-electron chi connectivity index (χ0n) is 14.5. The number of benzene rings is 2. The highest BCUT2D eigenvalue weighted by atomic mass is 19.1. The molecule has 0 saturated carbocycles. The monoisotopic (exact) mass is 341 g/mol. The first-order valence-corrected chi connectivity index (χ1v) is 8.67. The molecule has 0 aliphatic carbocycles. The fourth-order valence-electron chi connectivity index (χ4n) is 3.09. The Kier molecular flexibility index (Phi) is 5.88. The lowest BCUT2D eigenvalue weighted by molar-refractivity contribution is 0.267. The van der Waals surface area contributed by atoms with E-state index in [1.165, 1.54) is 11.6 Å². The molecule has 0 radical (unpaired) electrons. The fraction of sp³-hybridized carbons (Fsp3) is 0.350. The summed E-state index contributed by atoms with van der Waals surface area (Å²) in [6, 6.07) is 15.0. The van der Waals surface area contributed by atoms with E-state index in [2.05, 4.69) is 21.7 Å². The number of rotatable bonds is 5. The normalized spacial score (nSPS) is 16.7. The molecule has 3 rings (SSSR count). The molecule has 0 bridgehead atoms. The standard InChI is InChI=1S/C20H24FN3O/c1-22-20(23-12-10-15-6-2-4-8-18(15)21)24-14-16-11-13-25-19-9-5-3-7-17(16)19/h2-9,16H,10-14H2,1H3,(H2,22,23,24). The molecular weight excluding hydrogens is 317 g/mol. The van der Waals surface area contributed by atoms with Crippen LogP contribution in [0.15, 0.2) is 53.5 Å². The van der Waals surface area contributed by atoms with Crippen LogP contribution in [0.2, 0.25) is 0 Å². The van der Waals surface area contributed by atoms with E-state index in [1.807, 2.05) is 30.3 Å². The van der Waals surface area contributed by atoms with Crippen molar-refractivity contribution in [2.24, 2.45) is 4.99 Å². The van der Waals surface area contributed by atoms with E-state index in [0.29, 0.717) is 24.4 Å². The molecule has 1 heterocycles. The van der Waals surface area contributed by atoms with Crippen molar-refractivity contribution >= 4 is 5.96 Å². The van der Waals surface area contributed by atoms with E-state index in [-0.39, 0.29) is 5.82 Å². The van der Waals surface area contributed by atoms with Gasteiger partial charge in [-0.25, -0.2) is 4.39 Å². The van der Waals surface area contributed by atoms with Gasteiger partial charge in [-0.2, -0.15) is 0 Å². The van der Waals surface area contributed by atoms with Crippen LogP contribution in [0.25, 0.3) is 0 Å². The van der Waals surface area contributed by atoms with Crippen LogP contribution in [0.4, 0.5) is 4.39 Å². The molecule has 2 N–H and O–H groups in total. The summed E-state index contributed by atoms with van der Waals surface area (Å²) in [5.41, 5.74) is 1.95. The van der Waals surface area contributed by atoms with Gasteiger partial charge in [0.2, 0.25) is 0 Å². The molecule has 1 atom stereocenters. The van der Waals surface area contributed by atoms with Crippen molar-refractivity contribution in [1.82, 2.24) is 10.6 Å². The number of nitrogens with one attached hydrogen (secondary N) is 2. The summed E-state index contributed by atoms with van der Waals surface area (Å²) in [6.45, 7) is 2.16. The van der Waals surface area contributed by atoms with Crippen molar-refractivity contribution in [1.29, 1.82) is 0 Å². The Balaban J connectivity index is 1.50. The topological polar surface area (TPSA) is 45.7 Å². The van der Waals surface area contributed by atoms with Gasteiger partial charge in [0.05, 0.1) is 6.61 Å². The maximum atomic E-state index is 13.6. The third-order valence-electron chi connectivity index (χ3n) is 4.47. The van der Waals surface area contributed by atoms with E-state index >= 15 is 0 Å². The largest absolute Gasteiger partial charge is 0.493 e. The lowest BCUT2D eigenvalue weighted by Gasteiger charge is -2.26. The molecule has 4 nitrogen and oxygen atoms in total. The third kappa shape index (κ3) is 4.50.